The third kappa shape index (κ3) is 6.73. The second-order valence-corrected chi connectivity index (χ2v) is 9.81. The van der Waals surface area contributed by atoms with E-state index < -0.39 is 0 Å². The number of methoxy groups -OCH3 is 6. The van der Waals surface area contributed by atoms with Crippen LogP contribution in [0, 0.1) is 5.92 Å². The van der Waals surface area contributed by atoms with Gasteiger partial charge in [0.25, 0.3) is 0 Å². The first-order chi connectivity index (χ1) is 18.0. The maximum Gasteiger partial charge on any atom is 0.211 e. The van der Waals surface area contributed by atoms with Crippen LogP contribution in [0.4, 0.5) is 0 Å². The number of phenols is 1. The Bertz CT molecular complexity index is 1020. The van der Waals surface area contributed by atoms with Gasteiger partial charge >= 0.3 is 0 Å². The summed E-state index contributed by atoms with van der Waals surface area (Å²) in [5, 5.41) is 14.4. The molecule has 1 saturated heterocycles. The minimum absolute atomic E-state index is 0.117. The molecule has 206 valence electrons. The zero-order chi connectivity index (χ0) is 26.8. The fraction of sp³-hybridized carbons (Fsp3) is 0.556. The molecule has 0 saturated carbocycles. The molecule has 2 atom stereocenters. The molecule has 2 N–H and O–H groups in total. The van der Waals surface area contributed by atoms with Crippen LogP contribution in [0.25, 0.3) is 0 Å². The first kappa shape index (κ1) is 28.7. The van der Waals surface area contributed by atoms with Crippen molar-refractivity contribution in [3.8, 4) is 46.0 Å². The van der Waals surface area contributed by atoms with Crippen molar-refractivity contribution in [1.82, 2.24) is 5.32 Å². The second-order valence-electron chi connectivity index (χ2n) is 8.58. The first-order valence-corrected chi connectivity index (χ1v) is 13.3. The molecule has 37 heavy (non-hydrogen) atoms. The zero-order valence-corrected chi connectivity index (χ0v) is 23.4. The smallest absolute Gasteiger partial charge is 0.211 e. The molecule has 9 nitrogen and oxygen atoms in total. The Balaban J connectivity index is 1.60. The van der Waals surface area contributed by atoms with Gasteiger partial charge in [-0.1, -0.05) is 6.07 Å². The average molecular weight is 538 g/mol. The topological polar surface area (TPSA) is 96.9 Å². The number of aromatic hydroxyl groups is 1. The minimum atomic E-state index is -0.117. The van der Waals surface area contributed by atoms with Gasteiger partial charge in [-0.05, 0) is 44.3 Å². The summed E-state index contributed by atoms with van der Waals surface area (Å²) in [4.78, 5) is 0. The standard InChI is InChI=1S/C27H39NO8S/c1-30-19-10-9-18(24(32-3)25(19)33-4)16-37-22-11-12-28-15-17(22)8-7-13-36-21-14-20(31-2)23(29)27(35-6)26(21)34-5/h9-10,14,17,22,28-29H,7-8,11-13,15-16H2,1-6H3. The Morgan fingerprint density at radius 1 is 0.838 bits per heavy atom. The third-order valence-corrected chi connectivity index (χ3v) is 8.05. The Morgan fingerprint density at radius 3 is 2.16 bits per heavy atom. The van der Waals surface area contributed by atoms with Gasteiger partial charge in [-0.2, -0.15) is 11.8 Å². The van der Waals surface area contributed by atoms with Gasteiger partial charge in [0, 0.05) is 22.6 Å². The molecular formula is C27H39NO8S. The Kier molecular flexibility index (Phi) is 11.0. The number of phenolic OH excluding ortho intramolecular Hbond substituents is 1. The van der Waals surface area contributed by atoms with Crippen molar-refractivity contribution in [3.05, 3.63) is 23.8 Å². The monoisotopic (exact) mass is 537 g/mol. The predicted octanol–water partition coefficient (Wildman–Crippen LogP) is 4.51. The van der Waals surface area contributed by atoms with Gasteiger partial charge in [0.05, 0.1) is 49.3 Å². The van der Waals surface area contributed by atoms with E-state index in [-0.39, 0.29) is 17.2 Å². The highest BCUT2D eigenvalue weighted by atomic mass is 32.2. The summed E-state index contributed by atoms with van der Waals surface area (Å²) >= 11 is 1.95. The molecule has 1 aliphatic heterocycles. The van der Waals surface area contributed by atoms with Gasteiger partial charge in [0.2, 0.25) is 23.0 Å². The lowest BCUT2D eigenvalue weighted by atomic mass is 9.94. The number of ether oxygens (including phenoxy) is 7. The van der Waals surface area contributed by atoms with Crippen LogP contribution < -0.4 is 38.5 Å². The molecule has 0 spiro atoms. The van der Waals surface area contributed by atoms with Crippen molar-refractivity contribution in [2.45, 2.75) is 30.3 Å². The quantitative estimate of drug-likeness (QED) is 0.335. The van der Waals surface area contributed by atoms with E-state index in [4.69, 9.17) is 33.2 Å². The number of rotatable bonds is 14. The fourth-order valence-corrected chi connectivity index (χ4v) is 6.05. The van der Waals surface area contributed by atoms with Gasteiger partial charge in [0.15, 0.2) is 23.0 Å². The number of nitrogens with one attached hydrogen (secondary N) is 1. The van der Waals surface area contributed by atoms with Crippen LogP contribution in [0.3, 0.4) is 0 Å². The van der Waals surface area contributed by atoms with Crippen LogP contribution in [-0.2, 0) is 5.75 Å². The Hall–Kier alpha value is -2.85. The van der Waals surface area contributed by atoms with Crippen molar-refractivity contribution in [1.29, 1.82) is 0 Å². The molecule has 0 amide bonds. The van der Waals surface area contributed by atoms with Crippen LogP contribution >= 0.6 is 11.8 Å². The van der Waals surface area contributed by atoms with Gasteiger partial charge in [-0.3, -0.25) is 0 Å². The number of hydrogen-bond donors (Lipinski definition) is 2. The molecule has 10 heteroatoms. The summed E-state index contributed by atoms with van der Waals surface area (Å²) in [5.41, 5.74) is 1.09. The molecule has 0 bridgehead atoms. The van der Waals surface area contributed by atoms with Gasteiger partial charge in [0.1, 0.15) is 0 Å². The molecule has 2 aromatic rings. The van der Waals surface area contributed by atoms with E-state index in [9.17, 15) is 5.11 Å². The Labute approximate surface area is 223 Å². The fourth-order valence-electron chi connectivity index (χ4n) is 4.64. The lowest BCUT2D eigenvalue weighted by molar-refractivity contribution is 0.254. The molecule has 3 rings (SSSR count). The van der Waals surface area contributed by atoms with E-state index >= 15 is 0 Å². The number of hydrogen-bond acceptors (Lipinski definition) is 10. The first-order valence-electron chi connectivity index (χ1n) is 12.3. The van der Waals surface area contributed by atoms with E-state index in [0.29, 0.717) is 40.8 Å². The van der Waals surface area contributed by atoms with Crippen molar-refractivity contribution in [3.63, 3.8) is 0 Å². The number of piperidine rings is 1. The molecule has 1 heterocycles. The number of benzene rings is 2. The van der Waals surface area contributed by atoms with Crippen LogP contribution in [0.2, 0.25) is 0 Å². The maximum atomic E-state index is 10.3. The van der Waals surface area contributed by atoms with E-state index in [1.165, 1.54) is 21.3 Å². The van der Waals surface area contributed by atoms with Crippen molar-refractivity contribution in [2.75, 3.05) is 62.4 Å². The molecule has 2 unspecified atom stereocenters. The van der Waals surface area contributed by atoms with Crippen molar-refractivity contribution < 1.29 is 38.3 Å². The van der Waals surface area contributed by atoms with Crippen LogP contribution in [0.1, 0.15) is 24.8 Å². The zero-order valence-electron chi connectivity index (χ0n) is 22.5. The molecule has 0 aliphatic carbocycles. The molecule has 0 aromatic heterocycles. The summed E-state index contributed by atoms with van der Waals surface area (Å²) in [6.45, 7) is 2.49. The maximum absolute atomic E-state index is 10.3. The van der Waals surface area contributed by atoms with Crippen LogP contribution in [-0.4, -0.2) is 72.7 Å². The molecule has 2 aromatic carbocycles. The summed E-state index contributed by atoms with van der Waals surface area (Å²) in [6, 6.07) is 5.59. The SMILES string of the molecule is COc1cc(OCCCC2CNCCC2SCc2ccc(OC)c(OC)c2OC)c(OC)c(OC)c1O. The Morgan fingerprint density at radius 2 is 1.51 bits per heavy atom. The lowest BCUT2D eigenvalue weighted by Gasteiger charge is -2.32. The van der Waals surface area contributed by atoms with E-state index in [0.717, 1.165) is 49.4 Å². The largest absolute Gasteiger partial charge is 0.502 e. The highest BCUT2D eigenvalue weighted by Crippen LogP contribution is 2.49. The lowest BCUT2D eigenvalue weighted by Crippen LogP contribution is -2.38. The van der Waals surface area contributed by atoms with Gasteiger partial charge in [-0.15, -0.1) is 0 Å². The predicted molar refractivity (Wildman–Crippen MR) is 145 cm³/mol. The highest BCUT2D eigenvalue weighted by molar-refractivity contribution is 7.99. The minimum Gasteiger partial charge on any atom is -0.502 e. The van der Waals surface area contributed by atoms with Crippen molar-refractivity contribution >= 4 is 11.8 Å². The molecular weight excluding hydrogens is 498 g/mol. The van der Waals surface area contributed by atoms with Crippen molar-refractivity contribution in [2.24, 2.45) is 5.92 Å². The molecule has 1 aliphatic rings. The second kappa shape index (κ2) is 14.2. The number of thioether (sulfide) groups is 1. The third-order valence-electron chi connectivity index (χ3n) is 6.52. The average Bonchev–Trinajstić information content (AvgIpc) is 2.94. The van der Waals surface area contributed by atoms with Crippen LogP contribution in [0.15, 0.2) is 18.2 Å². The van der Waals surface area contributed by atoms with E-state index in [1.54, 1.807) is 27.4 Å². The summed E-state index contributed by atoms with van der Waals surface area (Å²) in [5.74, 6) is 4.51. The van der Waals surface area contributed by atoms with Crippen LogP contribution in [0.5, 0.6) is 46.0 Å². The van der Waals surface area contributed by atoms with E-state index in [2.05, 4.69) is 5.32 Å². The van der Waals surface area contributed by atoms with E-state index in [1.807, 2.05) is 23.9 Å². The normalized spacial score (nSPS) is 17.1. The molecule has 1 fully saturated rings. The van der Waals surface area contributed by atoms with Gasteiger partial charge in [-0.25, -0.2) is 0 Å². The summed E-state index contributed by atoms with van der Waals surface area (Å²) < 4.78 is 38.6. The molecule has 0 radical (unpaired) electrons. The summed E-state index contributed by atoms with van der Waals surface area (Å²) in [7, 11) is 9.37. The highest BCUT2D eigenvalue weighted by Gasteiger charge is 2.27. The van der Waals surface area contributed by atoms with Gasteiger partial charge < -0.3 is 43.6 Å². The summed E-state index contributed by atoms with van der Waals surface area (Å²) in [6.07, 6.45) is 2.99.